The fraction of sp³-hybridized carbons (Fsp3) is 0.278. The van der Waals surface area contributed by atoms with Crippen molar-refractivity contribution in [2.45, 2.75) is 19.5 Å². The van der Waals surface area contributed by atoms with Gasteiger partial charge in [0.1, 0.15) is 11.6 Å². The van der Waals surface area contributed by atoms with Crippen molar-refractivity contribution in [1.29, 1.82) is 0 Å². The second kappa shape index (κ2) is 8.65. The Hall–Kier alpha value is -1.63. The molecule has 1 N–H and O–H groups in total. The third-order valence-corrected chi connectivity index (χ3v) is 4.70. The van der Waals surface area contributed by atoms with E-state index < -0.39 is 11.9 Å². The number of nitrogens with one attached hydrogen (secondary N) is 1. The molecule has 0 heterocycles. The molecular formula is C18H19BrClFN2O2. The number of likely N-dealkylation sites (N-methyl/N-ethyl adjacent to an activating group) is 1. The van der Waals surface area contributed by atoms with E-state index >= 15 is 0 Å². The quantitative estimate of drug-likeness (QED) is 0.723. The molecule has 0 fully saturated rings. The Bertz CT molecular complexity index is 773. The third-order valence-electron chi connectivity index (χ3n) is 3.89. The summed E-state index contributed by atoms with van der Waals surface area (Å²) in [5.74, 6) is 0.0733. The Morgan fingerprint density at radius 1 is 1.36 bits per heavy atom. The molecule has 0 saturated carbocycles. The van der Waals surface area contributed by atoms with E-state index in [1.807, 2.05) is 30.1 Å². The minimum Gasteiger partial charge on any atom is -0.496 e. The lowest BCUT2D eigenvalue weighted by Crippen LogP contribution is -2.39. The van der Waals surface area contributed by atoms with Crippen molar-refractivity contribution in [3.63, 3.8) is 0 Å². The fourth-order valence-electron chi connectivity index (χ4n) is 2.30. The van der Waals surface area contributed by atoms with E-state index in [2.05, 4.69) is 21.2 Å². The first-order valence-electron chi connectivity index (χ1n) is 7.60. The largest absolute Gasteiger partial charge is 0.496 e. The van der Waals surface area contributed by atoms with Crippen LogP contribution in [0.2, 0.25) is 5.02 Å². The average molecular weight is 430 g/mol. The van der Waals surface area contributed by atoms with Crippen LogP contribution < -0.4 is 10.1 Å². The summed E-state index contributed by atoms with van der Waals surface area (Å²) in [6.07, 6.45) is 0. The van der Waals surface area contributed by atoms with Gasteiger partial charge in [-0.1, -0.05) is 27.5 Å². The van der Waals surface area contributed by atoms with Crippen LogP contribution in [0.1, 0.15) is 12.5 Å². The van der Waals surface area contributed by atoms with Gasteiger partial charge in [-0.3, -0.25) is 9.69 Å². The monoisotopic (exact) mass is 428 g/mol. The lowest BCUT2D eigenvalue weighted by molar-refractivity contribution is -0.120. The molecule has 25 heavy (non-hydrogen) atoms. The number of halogens is 3. The maximum absolute atomic E-state index is 13.1. The first kappa shape index (κ1) is 19.7. The highest BCUT2D eigenvalue weighted by atomic mass is 79.9. The van der Waals surface area contributed by atoms with E-state index in [0.29, 0.717) is 12.2 Å². The number of carbonyl (C=O) groups excluding carboxylic acids is 1. The summed E-state index contributed by atoms with van der Waals surface area (Å²) in [5, 5.41) is 2.89. The van der Waals surface area contributed by atoms with Crippen LogP contribution in [0.25, 0.3) is 0 Å². The van der Waals surface area contributed by atoms with E-state index in [1.54, 1.807) is 14.0 Å². The van der Waals surface area contributed by atoms with Crippen molar-refractivity contribution >= 4 is 39.1 Å². The summed E-state index contributed by atoms with van der Waals surface area (Å²) in [5.41, 5.74) is 1.34. The van der Waals surface area contributed by atoms with Crippen LogP contribution >= 0.6 is 27.5 Å². The van der Waals surface area contributed by atoms with Gasteiger partial charge in [0.15, 0.2) is 0 Å². The molecule has 1 atom stereocenters. The average Bonchev–Trinajstić information content (AvgIpc) is 2.56. The number of methoxy groups -OCH3 is 1. The van der Waals surface area contributed by atoms with Gasteiger partial charge in [0, 0.05) is 16.6 Å². The van der Waals surface area contributed by atoms with Crippen molar-refractivity contribution in [2.75, 3.05) is 19.5 Å². The number of nitrogens with zero attached hydrogens (tertiary/aromatic N) is 1. The number of amides is 1. The van der Waals surface area contributed by atoms with Gasteiger partial charge < -0.3 is 10.1 Å². The van der Waals surface area contributed by atoms with Crippen LogP contribution in [0, 0.1) is 5.82 Å². The zero-order valence-electron chi connectivity index (χ0n) is 14.1. The molecule has 1 amide bonds. The van der Waals surface area contributed by atoms with Crippen LogP contribution in [0.3, 0.4) is 0 Å². The smallest absolute Gasteiger partial charge is 0.241 e. The Kier molecular flexibility index (Phi) is 6.81. The molecule has 134 valence electrons. The molecule has 0 radical (unpaired) electrons. The van der Waals surface area contributed by atoms with Crippen molar-refractivity contribution in [3.8, 4) is 5.75 Å². The molecule has 2 rings (SSSR count). The number of ether oxygens (including phenoxy) is 1. The zero-order chi connectivity index (χ0) is 18.6. The Morgan fingerprint density at radius 3 is 2.72 bits per heavy atom. The zero-order valence-corrected chi connectivity index (χ0v) is 16.5. The molecule has 0 unspecified atom stereocenters. The Morgan fingerprint density at radius 2 is 2.08 bits per heavy atom. The molecule has 0 aliphatic carbocycles. The van der Waals surface area contributed by atoms with Crippen LogP contribution in [0.15, 0.2) is 40.9 Å². The predicted molar refractivity (Wildman–Crippen MR) is 102 cm³/mol. The maximum atomic E-state index is 13.1. The lowest BCUT2D eigenvalue weighted by atomic mass is 10.1. The third kappa shape index (κ3) is 5.17. The van der Waals surface area contributed by atoms with Crippen LogP contribution in [0.4, 0.5) is 10.1 Å². The highest BCUT2D eigenvalue weighted by Crippen LogP contribution is 2.25. The fourth-order valence-corrected chi connectivity index (χ4v) is 2.93. The van der Waals surface area contributed by atoms with Crippen LogP contribution in [-0.2, 0) is 11.3 Å². The predicted octanol–water partition coefficient (Wildman–Crippen LogP) is 4.71. The molecule has 0 bridgehead atoms. The van der Waals surface area contributed by atoms with Gasteiger partial charge in [0.25, 0.3) is 0 Å². The van der Waals surface area contributed by atoms with Gasteiger partial charge in [-0.05, 0) is 50.4 Å². The standard InChI is InChI=1S/C18H19BrClFN2O2/c1-11(18(24)22-16-6-5-14(21)9-15(16)20)23(2)10-12-8-13(19)4-7-17(12)25-3/h4-9,11H,10H2,1-3H3,(H,22,24)/t11-/m1/s1. The number of benzene rings is 2. The van der Waals surface area contributed by atoms with E-state index in [9.17, 15) is 9.18 Å². The highest BCUT2D eigenvalue weighted by molar-refractivity contribution is 9.10. The van der Waals surface area contributed by atoms with Gasteiger partial charge in [0.2, 0.25) is 5.91 Å². The van der Waals surface area contributed by atoms with Gasteiger partial charge >= 0.3 is 0 Å². The van der Waals surface area contributed by atoms with Crippen molar-refractivity contribution < 1.29 is 13.9 Å². The van der Waals surface area contributed by atoms with Crippen molar-refractivity contribution in [3.05, 3.63) is 57.3 Å². The first-order chi connectivity index (χ1) is 11.8. The van der Waals surface area contributed by atoms with Crippen LogP contribution in [0.5, 0.6) is 5.75 Å². The van der Waals surface area contributed by atoms with Gasteiger partial charge in [-0.2, -0.15) is 0 Å². The molecule has 2 aromatic carbocycles. The number of carbonyl (C=O) groups is 1. The van der Waals surface area contributed by atoms with E-state index in [0.717, 1.165) is 21.9 Å². The van der Waals surface area contributed by atoms with Crippen molar-refractivity contribution in [1.82, 2.24) is 4.90 Å². The molecule has 0 aromatic heterocycles. The molecule has 0 aliphatic heterocycles. The van der Waals surface area contributed by atoms with Crippen molar-refractivity contribution in [2.24, 2.45) is 0 Å². The molecule has 2 aromatic rings. The summed E-state index contributed by atoms with van der Waals surface area (Å²) in [6.45, 7) is 2.31. The number of anilines is 1. The summed E-state index contributed by atoms with van der Waals surface area (Å²) < 4.78 is 19.4. The Balaban J connectivity index is 2.07. The second-order valence-corrected chi connectivity index (χ2v) is 6.98. The van der Waals surface area contributed by atoms with E-state index in [1.165, 1.54) is 12.1 Å². The second-order valence-electron chi connectivity index (χ2n) is 5.66. The van der Waals surface area contributed by atoms with Gasteiger partial charge in [0.05, 0.1) is 23.9 Å². The Labute approximate surface area is 160 Å². The topological polar surface area (TPSA) is 41.6 Å². The maximum Gasteiger partial charge on any atom is 0.241 e. The minimum absolute atomic E-state index is 0.164. The number of rotatable bonds is 6. The molecular weight excluding hydrogens is 411 g/mol. The summed E-state index contributed by atoms with van der Waals surface area (Å²) in [4.78, 5) is 14.3. The van der Waals surface area contributed by atoms with Gasteiger partial charge in [-0.25, -0.2) is 4.39 Å². The summed E-state index contributed by atoms with van der Waals surface area (Å²) >= 11 is 9.40. The van der Waals surface area contributed by atoms with Gasteiger partial charge in [-0.15, -0.1) is 0 Å². The molecule has 0 spiro atoms. The number of hydrogen-bond acceptors (Lipinski definition) is 3. The SMILES string of the molecule is COc1ccc(Br)cc1CN(C)[C@H](C)C(=O)Nc1ccc(F)cc1Cl. The van der Waals surface area contributed by atoms with Crippen LogP contribution in [-0.4, -0.2) is 31.0 Å². The molecule has 7 heteroatoms. The molecule has 0 saturated heterocycles. The minimum atomic E-state index is -0.449. The number of hydrogen-bond donors (Lipinski definition) is 1. The molecule has 4 nitrogen and oxygen atoms in total. The highest BCUT2D eigenvalue weighted by Gasteiger charge is 2.20. The van der Waals surface area contributed by atoms with E-state index in [-0.39, 0.29) is 10.9 Å². The first-order valence-corrected chi connectivity index (χ1v) is 8.77. The summed E-state index contributed by atoms with van der Waals surface area (Å²) in [6, 6.07) is 9.16. The van der Waals surface area contributed by atoms with E-state index in [4.69, 9.17) is 16.3 Å². The normalized spacial score (nSPS) is 12.1. The molecule has 0 aliphatic rings. The summed E-state index contributed by atoms with van der Waals surface area (Å²) in [7, 11) is 3.45. The lowest BCUT2D eigenvalue weighted by Gasteiger charge is -2.25.